The van der Waals surface area contributed by atoms with Crippen molar-refractivity contribution in [3.05, 3.63) is 110 Å². The van der Waals surface area contributed by atoms with Crippen molar-refractivity contribution in [1.82, 2.24) is 9.88 Å². The van der Waals surface area contributed by atoms with Crippen LogP contribution in [-0.2, 0) is 36.6 Å². The first kappa shape index (κ1) is 42.9. The lowest BCUT2D eigenvalue weighted by Crippen LogP contribution is -2.55. The van der Waals surface area contributed by atoms with Crippen molar-refractivity contribution in [2.24, 2.45) is 5.11 Å². The minimum Gasteiger partial charge on any atom is -0.463 e. The Balaban J connectivity index is 1.53. The number of carbonyl (C=O) groups is 3. The standard InChI is InChI=1S/C37H38ClF6N5O6/c1-36(2,3)55-35(52)49-18-28(53-19-27(49)20-54-32(51)10-11-37(42,43)44)8-9-29-23(16-46-17-30(29)41)14-31(50)34(47-48-45)33(21-4-6-24(38)7-5-21)22-12-25(39)15-26(40)13-22/h4-7,12-13,15-17,27-28,33-34H,8-11,14,18-20H2,1-3H3/t27-,28+,33-,34+/m0/s1. The molecule has 0 radical (unpaired) electrons. The number of esters is 1. The molecule has 2 heterocycles. The summed E-state index contributed by atoms with van der Waals surface area (Å²) < 4.78 is 98.3. The van der Waals surface area contributed by atoms with Crippen molar-refractivity contribution >= 4 is 29.4 Å². The number of Topliss-reactive ketones (excluding diaryl/α,β-unsaturated/α-hetero) is 1. The molecule has 55 heavy (non-hydrogen) atoms. The van der Waals surface area contributed by atoms with Crippen molar-refractivity contribution in [1.29, 1.82) is 0 Å². The Morgan fingerprint density at radius 3 is 2.35 bits per heavy atom. The van der Waals surface area contributed by atoms with Crippen LogP contribution < -0.4 is 0 Å². The number of pyridine rings is 1. The normalized spacial score (nSPS) is 17.2. The fraction of sp³-hybridized carbons (Fsp3) is 0.459. The highest BCUT2D eigenvalue weighted by Gasteiger charge is 2.37. The molecule has 0 bridgehead atoms. The fourth-order valence-corrected chi connectivity index (χ4v) is 6.13. The molecule has 11 nitrogen and oxygen atoms in total. The van der Waals surface area contributed by atoms with Gasteiger partial charge < -0.3 is 14.2 Å². The Bertz CT molecular complexity index is 1870. The second-order valence-electron chi connectivity index (χ2n) is 13.9. The Kier molecular flexibility index (Phi) is 14.5. The molecule has 18 heteroatoms. The van der Waals surface area contributed by atoms with E-state index in [2.05, 4.69) is 15.0 Å². The van der Waals surface area contributed by atoms with Crippen molar-refractivity contribution in [2.45, 2.75) is 88.8 Å². The van der Waals surface area contributed by atoms with Crippen LogP contribution in [0.4, 0.5) is 31.1 Å². The number of ketones is 1. The molecule has 0 aliphatic carbocycles. The number of nitrogens with zero attached hydrogens (tertiary/aromatic N) is 5. The zero-order valence-electron chi connectivity index (χ0n) is 30.0. The van der Waals surface area contributed by atoms with Crippen LogP contribution in [0.1, 0.15) is 68.2 Å². The van der Waals surface area contributed by atoms with E-state index in [1.54, 1.807) is 20.8 Å². The van der Waals surface area contributed by atoms with E-state index in [9.17, 15) is 41.9 Å². The van der Waals surface area contributed by atoms with E-state index >= 15 is 4.39 Å². The molecule has 0 spiro atoms. The summed E-state index contributed by atoms with van der Waals surface area (Å²) in [6, 6.07) is 6.26. The summed E-state index contributed by atoms with van der Waals surface area (Å²) in [6.07, 6.45) is -6.58. The maximum Gasteiger partial charge on any atom is 0.410 e. The Hall–Kier alpha value is -4.86. The smallest absolute Gasteiger partial charge is 0.410 e. The van der Waals surface area contributed by atoms with Gasteiger partial charge in [-0.15, -0.1) is 0 Å². The number of alkyl halides is 3. The minimum absolute atomic E-state index is 0.00142. The third-order valence-corrected chi connectivity index (χ3v) is 8.76. The number of morpholine rings is 1. The molecule has 1 saturated heterocycles. The Morgan fingerprint density at radius 2 is 1.73 bits per heavy atom. The first-order valence-electron chi connectivity index (χ1n) is 17.1. The lowest BCUT2D eigenvalue weighted by Gasteiger charge is -2.40. The van der Waals surface area contributed by atoms with Gasteiger partial charge in [0.25, 0.3) is 0 Å². The summed E-state index contributed by atoms with van der Waals surface area (Å²) in [4.78, 5) is 47.1. The van der Waals surface area contributed by atoms with Crippen molar-refractivity contribution in [2.75, 3.05) is 19.8 Å². The summed E-state index contributed by atoms with van der Waals surface area (Å²) in [5, 5.41) is 4.06. The summed E-state index contributed by atoms with van der Waals surface area (Å²) in [5.74, 6) is -5.61. The molecule has 0 saturated carbocycles. The van der Waals surface area contributed by atoms with E-state index < -0.39 is 97.0 Å². The van der Waals surface area contributed by atoms with Crippen LogP contribution in [0.25, 0.3) is 10.4 Å². The number of amides is 1. The molecule has 4 atom stereocenters. The van der Waals surface area contributed by atoms with Crippen LogP contribution in [0.2, 0.25) is 5.02 Å². The maximum absolute atomic E-state index is 15.4. The number of carbonyl (C=O) groups excluding carboxylic acids is 3. The molecule has 1 aliphatic heterocycles. The highest BCUT2D eigenvalue weighted by molar-refractivity contribution is 6.30. The van der Waals surface area contributed by atoms with Gasteiger partial charge in [0.1, 0.15) is 41.5 Å². The van der Waals surface area contributed by atoms with Gasteiger partial charge in [0.2, 0.25) is 0 Å². The predicted molar refractivity (Wildman–Crippen MR) is 187 cm³/mol. The molecule has 1 fully saturated rings. The number of hydrogen-bond donors (Lipinski definition) is 0. The van der Waals surface area contributed by atoms with E-state index in [-0.39, 0.29) is 42.7 Å². The molecule has 0 unspecified atom stereocenters. The number of benzene rings is 2. The Labute approximate surface area is 317 Å². The molecule has 1 aromatic heterocycles. The number of halogens is 7. The van der Waals surface area contributed by atoms with Crippen LogP contribution in [-0.4, -0.2) is 77.5 Å². The monoisotopic (exact) mass is 797 g/mol. The van der Waals surface area contributed by atoms with Crippen molar-refractivity contribution in [3.63, 3.8) is 0 Å². The quantitative estimate of drug-likeness (QED) is 0.0523. The third kappa shape index (κ3) is 12.9. The van der Waals surface area contributed by atoms with Crippen LogP contribution >= 0.6 is 11.6 Å². The molecule has 0 N–H and O–H groups in total. The number of hydrogen-bond acceptors (Lipinski definition) is 8. The van der Waals surface area contributed by atoms with Crippen LogP contribution in [0.5, 0.6) is 0 Å². The molecule has 3 aromatic rings. The number of azide groups is 1. The molecule has 296 valence electrons. The van der Waals surface area contributed by atoms with E-state index in [1.807, 2.05) is 0 Å². The highest BCUT2D eigenvalue weighted by atomic mass is 35.5. The summed E-state index contributed by atoms with van der Waals surface area (Å²) in [6.45, 7) is 4.12. The van der Waals surface area contributed by atoms with E-state index in [0.29, 0.717) is 16.7 Å². The van der Waals surface area contributed by atoms with Gasteiger partial charge in [-0.25, -0.2) is 18.0 Å². The van der Waals surface area contributed by atoms with Crippen molar-refractivity contribution < 1.29 is 54.9 Å². The molecular formula is C37H38ClF6N5O6. The van der Waals surface area contributed by atoms with Crippen LogP contribution in [0, 0.1) is 17.5 Å². The van der Waals surface area contributed by atoms with Crippen molar-refractivity contribution in [3.8, 4) is 0 Å². The van der Waals surface area contributed by atoms with Gasteiger partial charge in [-0.3, -0.25) is 19.5 Å². The summed E-state index contributed by atoms with van der Waals surface area (Å²) in [5.41, 5.74) is 9.11. The highest BCUT2D eigenvalue weighted by Crippen LogP contribution is 2.34. The second-order valence-corrected chi connectivity index (χ2v) is 14.3. The molecule has 4 rings (SSSR count). The lowest BCUT2D eigenvalue weighted by molar-refractivity contribution is -0.160. The summed E-state index contributed by atoms with van der Waals surface area (Å²) >= 11 is 6.05. The van der Waals surface area contributed by atoms with Gasteiger partial charge in [0, 0.05) is 34.5 Å². The van der Waals surface area contributed by atoms with Crippen LogP contribution in [0.3, 0.4) is 0 Å². The van der Waals surface area contributed by atoms with Gasteiger partial charge in [-0.2, -0.15) is 13.2 Å². The third-order valence-electron chi connectivity index (χ3n) is 8.51. The van der Waals surface area contributed by atoms with E-state index in [0.717, 1.165) is 18.3 Å². The molecule has 1 amide bonds. The van der Waals surface area contributed by atoms with Crippen LogP contribution in [0.15, 0.2) is 60.0 Å². The molecule has 2 aromatic carbocycles. The summed E-state index contributed by atoms with van der Waals surface area (Å²) in [7, 11) is 0. The average Bonchev–Trinajstić information content (AvgIpc) is 3.09. The maximum atomic E-state index is 15.4. The van der Waals surface area contributed by atoms with E-state index in [4.69, 9.17) is 25.8 Å². The fourth-order valence-electron chi connectivity index (χ4n) is 6.01. The predicted octanol–water partition coefficient (Wildman–Crippen LogP) is 8.60. The molecule has 1 aliphatic rings. The number of ether oxygens (including phenoxy) is 3. The number of rotatable bonds is 14. The van der Waals surface area contributed by atoms with Gasteiger partial charge in [0.15, 0.2) is 0 Å². The zero-order valence-corrected chi connectivity index (χ0v) is 30.7. The SMILES string of the molecule is CC(C)(C)OC(=O)N1C[C@@H](CCc2c(F)cncc2CC(=O)[C@@H](N=[N+]=[N-])[C@@H](c2ccc(Cl)cc2)c2cc(F)cc(F)c2)OC[C@H]1COC(=O)CCC(F)(F)F. The van der Waals surface area contributed by atoms with Gasteiger partial charge in [-0.1, -0.05) is 28.8 Å². The van der Waals surface area contributed by atoms with Gasteiger partial charge >= 0.3 is 18.2 Å². The number of aromatic nitrogens is 1. The van der Waals surface area contributed by atoms with Gasteiger partial charge in [-0.05, 0) is 85.7 Å². The molecular weight excluding hydrogens is 760 g/mol. The topological polar surface area (TPSA) is 144 Å². The van der Waals surface area contributed by atoms with E-state index in [1.165, 1.54) is 35.4 Å². The lowest BCUT2D eigenvalue weighted by atomic mass is 9.82. The second kappa shape index (κ2) is 18.7. The Morgan fingerprint density at radius 1 is 1.05 bits per heavy atom. The zero-order chi connectivity index (χ0) is 40.5. The largest absolute Gasteiger partial charge is 0.463 e. The van der Waals surface area contributed by atoms with Gasteiger partial charge in [0.05, 0.1) is 44.3 Å². The first-order valence-corrected chi connectivity index (χ1v) is 17.4. The average molecular weight is 798 g/mol. The minimum atomic E-state index is -4.56. The first-order chi connectivity index (χ1) is 25.8.